The van der Waals surface area contributed by atoms with E-state index in [2.05, 4.69) is 0 Å². The first kappa shape index (κ1) is 45.7. The van der Waals surface area contributed by atoms with E-state index in [4.69, 9.17) is 0 Å². The summed E-state index contributed by atoms with van der Waals surface area (Å²) >= 11 is -8.47. The van der Waals surface area contributed by atoms with Crippen LogP contribution in [-0.2, 0) is 49.4 Å². The van der Waals surface area contributed by atoms with Crippen molar-refractivity contribution in [1.82, 2.24) is 0 Å². The molecule has 0 aromatic heterocycles. The molecule has 57 heavy (non-hydrogen) atoms. The zero-order valence-corrected chi connectivity index (χ0v) is 29.4. The molecule has 0 saturated heterocycles. The first-order chi connectivity index (χ1) is 25.3. The third-order valence-corrected chi connectivity index (χ3v) is 21.3. The second-order valence-electron chi connectivity index (χ2n) is 11.9. The van der Waals surface area contributed by atoms with Gasteiger partial charge in [-0.3, -0.25) is 0 Å². The SMILES string of the molecule is FC(F)(F)c1cc(C(F)(F)F)c[c]([Sn]([c]2cc(C(F)(F)F)cc(C(F)(F)F)c2)([c]2cc(C(F)(F)F)cc(C(F)(F)F)c2)[c]2cc(C(F)(F)F)cc(C(F)(F)F)c2)c1. The van der Waals surface area contributed by atoms with E-state index in [0.29, 0.717) is 0 Å². The summed E-state index contributed by atoms with van der Waals surface area (Å²) < 4.78 is 333. The van der Waals surface area contributed by atoms with E-state index in [1.54, 1.807) is 0 Å². The second kappa shape index (κ2) is 14.1. The van der Waals surface area contributed by atoms with Crippen molar-refractivity contribution in [2.75, 3.05) is 0 Å². The van der Waals surface area contributed by atoms with Gasteiger partial charge in [0.2, 0.25) is 0 Å². The normalized spacial score (nSPS) is 14.3. The molecule has 0 N–H and O–H groups in total. The van der Waals surface area contributed by atoms with Crippen LogP contribution in [0, 0.1) is 0 Å². The fraction of sp³-hybridized carbons (Fsp3) is 0.250. The Hall–Kier alpha value is -4.00. The average molecular weight is 971 g/mol. The van der Waals surface area contributed by atoms with Crippen LogP contribution in [0.1, 0.15) is 44.5 Å². The summed E-state index contributed by atoms with van der Waals surface area (Å²) in [6.45, 7) is 0. The molecule has 4 aromatic rings. The van der Waals surface area contributed by atoms with Crippen LogP contribution in [0.4, 0.5) is 105 Å². The molecular weight excluding hydrogens is 959 g/mol. The van der Waals surface area contributed by atoms with Crippen molar-refractivity contribution in [3.05, 3.63) is 117 Å². The number of alkyl halides is 24. The summed E-state index contributed by atoms with van der Waals surface area (Å²) in [6.07, 6.45) is -48.8. The van der Waals surface area contributed by atoms with Gasteiger partial charge in [-0.05, 0) is 0 Å². The molecule has 0 aliphatic heterocycles. The van der Waals surface area contributed by atoms with Crippen LogP contribution in [-0.4, -0.2) is 18.4 Å². The van der Waals surface area contributed by atoms with Crippen LogP contribution in [0.3, 0.4) is 0 Å². The van der Waals surface area contributed by atoms with Gasteiger partial charge in [0.05, 0.1) is 0 Å². The molecular formula is C32H12F24Sn. The predicted octanol–water partition coefficient (Wildman–Crippen LogP) is 11.2. The van der Waals surface area contributed by atoms with Crippen LogP contribution in [0.15, 0.2) is 72.8 Å². The van der Waals surface area contributed by atoms with E-state index < -0.39 is 199 Å². The Morgan fingerprint density at radius 1 is 0.193 bits per heavy atom. The van der Waals surface area contributed by atoms with Crippen molar-refractivity contribution in [3.8, 4) is 0 Å². The molecule has 0 heterocycles. The summed E-state index contributed by atoms with van der Waals surface area (Å²) in [6, 6.07) is -8.19. The molecule has 25 heteroatoms. The van der Waals surface area contributed by atoms with Crippen LogP contribution < -0.4 is 14.3 Å². The third kappa shape index (κ3) is 9.66. The van der Waals surface area contributed by atoms with Crippen molar-refractivity contribution in [3.63, 3.8) is 0 Å². The van der Waals surface area contributed by atoms with Gasteiger partial charge < -0.3 is 0 Å². The maximum absolute atomic E-state index is 14.2. The first-order valence-electron chi connectivity index (χ1n) is 14.5. The van der Waals surface area contributed by atoms with E-state index in [1.165, 1.54) is 0 Å². The molecule has 0 aliphatic rings. The number of benzene rings is 4. The van der Waals surface area contributed by atoms with Gasteiger partial charge in [-0.15, -0.1) is 0 Å². The van der Waals surface area contributed by atoms with Crippen molar-refractivity contribution in [1.29, 1.82) is 0 Å². The van der Waals surface area contributed by atoms with E-state index >= 15 is 0 Å². The first-order valence-corrected chi connectivity index (χ1v) is 20.2. The van der Waals surface area contributed by atoms with Crippen LogP contribution in [0.5, 0.6) is 0 Å². The molecule has 0 atom stereocenters. The van der Waals surface area contributed by atoms with Gasteiger partial charge in [-0.25, -0.2) is 0 Å². The Balaban J connectivity index is 2.62. The van der Waals surface area contributed by atoms with Crippen LogP contribution in [0.2, 0.25) is 0 Å². The van der Waals surface area contributed by atoms with Crippen molar-refractivity contribution in [2.45, 2.75) is 49.4 Å². The quantitative estimate of drug-likeness (QED) is 0.141. The van der Waals surface area contributed by atoms with Crippen molar-refractivity contribution in [2.24, 2.45) is 0 Å². The van der Waals surface area contributed by atoms with Crippen molar-refractivity contribution >= 4 is 32.7 Å². The molecule has 4 aromatic carbocycles. The number of hydrogen-bond acceptors (Lipinski definition) is 0. The van der Waals surface area contributed by atoms with Gasteiger partial charge in [0, 0.05) is 0 Å². The molecule has 0 bridgehead atoms. The average Bonchev–Trinajstić information content (AvgIpc) is 3.01. The molecule has 312 valence electrons. The Kier molecular flexibility index (Phi) is 11.3. The molecule has 0 radical (unpaired) electrons. The molecule has 0 aliphatic carbocycles. The standard InChI is InChI=1S/4C8H3F6.Sn/c4*9-7(10,11)5-2-1-3-6(4-5)8(12,13)14;/h4*2-4H;. The van der Waals surface area contributed by atoms with Gasteiger partial charge >= 0.3 is 305 Å². The Morgan fingerprint density at radius 3 is 0.386 bits per heavy atom. The van der Waals surface area contributed by atoms with E-state index in [0.717, 1.165) is 0 Å². The monoisotopic (exact) mass is 972 g/mol. The molecule has 0 nitrogen and oxygen atoms in total. The van der Waals surface area contributed by atoms with E-state index in [9.17, 15) is 105 Å². The minimum absolute atomic E-state index is 0.625. The molecule has 4 rings (SSSR count). The van der Waals surface area contributed by atoms with Gasteiger partial charge in [0.1, 0.15) is 0 Å². The predicted molar refractivity (Wildman–Crippen MR) is 150 cm³/mol. The van der Waals surface area contributed by atoms with Crippen LogP contribution in [0.25, 0.3) is 0 Å². The molecule has 0 amide bonds. The fourth-order valence-electron chi connectivity index (χ4n) is 5.69. The number of hydrogen-bond donors (Lipinski definition) is 0. The molecule has 0 saturated carbocycles. The third-order valence-electron chi connectivity index (χ3n) is 8.08. The van der Waals surface area contributed by atoms with Crippen LogP contribution >= 0.6 is 0 Å². The fourth-order valence-corrected chi connectivity index (χ4v) is 19.9. The summed E-state index contributed by atoms with van der Waals surface area (Å²) in [5.41, 5.74) is -21.0. The van der Waals surface area contributed by atoms with Crippen molar-refractivity contribution < 1.29 is 105 Å². The zero-order valence-electron chi connectivity index (χ0n) is 26.5. The molecule has 0 fully saturated rings. The summed E-state index contributed by atoms with van der Waals surface area (Å²) in [5.74, 6) is 0. The Labute approximate surface area is 304 Å². The summed E-state index contributed by atoms with van der Waals surface area (Å²) in [5, 5.41) is 0. The maximum atomic E-state index is 14.2. The molecule has 0 unspecified atom stereocenters. The van der Waals surface area contributed by atoms with Gasteiger partial charge in [0.25, 0.3) is 0 Å². The second-order valence-corrected chi connectivity index (χ2v) is 22.8. The summed E-state index contributed by atoms with van der Waals surface area (Å²) in [4.78, 5) is 0. The van der Waals surface area contributed by atoms with Gasteiger partial charge in [-0.2, -0.15) is 0 Å². The van der Waals surface area contributed by atoms with Gasteiger partial charge in [0.15, 0.2) is 0 Å². The Bertz CT molecular complexity index is 1700. The summed E-state index contributed by atoms with van der Waals surface area (Å²) in [7, 11) is 0. The molecule has 0 spiro atoms. The van der Waals surface area contributed by atoms with E-state index in [-0.39, 0.29) is 0 Å². The Morgan fingerprint density at radius 2 is 0.298 bits per heavy atom. The zero-order chi connectivity index (χ0) is 43.9. The number of rotatable bonds is 4. The van der Waals surface area contributed by atoms with E-state index in [1.807, 2.05) is 0 Å². The number of halogens is 24. The van der Waals surface area contributed by atoms with Gasteiger partial charge in [-0.1, -0.05) is 0 Å². The topological polar surface area (TPSA) is 0 Å². The minimum atomic E-state index is -8.47.